The number of furan rings is 1. The molecular formula is C21H10Cl2NO5S-. The fraction of sp³-hybridized carbons (Fsp3) is 0. The summed E-state index contributed by atoms with van der Waals surface area (Å²) in [6.45, 7) is 0. The number of benzene rings is 2. The second kappa shape index (κ2) is 8.02. The maximum absolute atomic E-state index is 12.7. The molecule has 1 aliphatic rings. The van der Waals surface area contributed by atoms with Crippen molar-refractivity contribution in [1.29, 1.82) is 0 Å². The monoisotopic (exact) mass is 458 g/mol. The zero-order chi connectivity index (χ0) is 21.4. The van der Waals surface area contributed by atoms with Crippen LogP contribution in [0.5, 0.6) is 0 Å². The van der Waals surface area contributed by atoms with Crippen molar-refractivity contribution in [2.45, 2.75) is 0 Å². The number of halogens is 2. The van der Waals surface area contributed by atoms with Crippen molar-refractivity contribution in [3.8, 4) is 11.3 Å². The van der Waals surface area contributed by atoms with Crippen molar-refractivity contribution >= 4 is 63.8 Å². The number of amides is 2. The average Bonchev–Trinajstić information content (AvgIpc) is 3.26. The van der Waals surface area contributed by atoms with Crippen molar-refractivity contribution < 1.29 is 23.9 Å². The Morgan fingerprint density at radius 1 is 1.07 bits per heavy atom. The van der Waals surface area contributed by atoms with Gasteiger partial charge in [-0.05, 0) is 60.3 Å². The van der Waals surface area contributed by atoms with Crippen molar-refractivity contribution in [3.05, 3.63) is 80.9 Å². The second-order valence-electron chi connectivity index (χ2n) is 6.18. The molecule has 0 aliphatic carbocycles. The molecule has 0 bridgehead atoms. The Labute approximate surface area is 184 Å². The average molecular weight is 459 g/mol. The van der Waals surface area contributed by atoms with Gasteiger partial charge in [0.05, 0.1) is 16.6 Å². The van der Waals surface area contributed by atoms with Crippen molar-refractivity contribution in [2.75, 3.05) is 4.90 Å². The molecule has 1 saturated heterocycles. The van der Waals surface area contributed by atoms with Gasteiger partial charge in [-0.15, -0.1) is 0 Å². The summed E-state index contributed by atoms with van der Waals surface area (Å²) in [7, 11) is 0. The highest BCUT2D eigenvalue weighted by molar-refractivity contribution is 8.19. The SMILES string of the molecule is O=C([O-])c1cc(-c2ccc(/C=C3\SC(=O)N(c4cccc(Cl)c4)C3=O)o2)ccc1Cl. The summed E-state index contributed by atoms with van der Waals surface area (Å²) < 4.78 is 5.70. The van der Waals surface area contributed by atoms with Gasteiger partial charge in [0.15, 0.2) is 0 Å². The Hall–Kier alpha value is -3.00. The van der Waals surface area contributed by atoms with Crippen LogP contribution in [0.4, 0.5) is 10.5 Å². The number of hydrogen-bond donors (Lipinski definition) is 0. The van der Waals surface area contributed by atoms with Gasteiger partial charge in [0.2, 0.25) is 0 Å². The Bertz CT molecular complexity index is 1230. The molecule has 3 aromatic rings. The van der Waals surface area contributed by atoms with Gasteiger partial charge in [-0.2, -0.15) is 0 Å². The van der Waals surface area contributed by atoms with Crippen LogP contribution in [0.3, 0.4) is 0 Å². The van der Waals surface area contributed by atoms with Crippen LogP contribution in [0, 0.1) is 0 Å². The van der Waals surface area contributed by atoms with Crippen LogP contribution in [0.1, 0.15) is 16.1 Å². The zero-order valence-electron chi connectivity index (χ0n) is 14.9. The van der Waals surface area contributed by atoms with Crippen LogP contribution in [-0.2, 0) is 4.79 Å². The molecule has 2 aromatic carbocycles. The van der Waals surface area contributed by atoms with E-state index in [1.54, 1.807) is 36.4 Å². The predicted molar refractivity (Wildman–Crippen MR) is 113 cm³/mol. The molecular weight excluding hydrogens is 449 g/mol. The van der Waals surface area contributed by atoms with Crippen LogP contribution in [0.25, 0.3) is 17.4 Å². The van der Waals surface area contributed by atoms with Crippen molar-refractivity contribution in [1.82, 2.24) is 0 Å². The molecule has 0 spiro atoms. The number of carboxylic acid groups (broad SMARTS) is 1. The number of imide groups is 1. The first-order valence-electron chi connectivity index (χ1n) is 8.48. The first kappa shape index (κ1) is 20.3. The largest absolute Gasteiger partial charge is 0.545 e. The molecule has 0 unspecified atom stereocenters. The lowest BCUT2D eigenvalue weighted by Gasteiger charge is -2.12. The van der Waals surface area contributed by atoms with Gasteiger partial charge in [-0.3, -0.25) is 9.59 Å². The molecule has 6 nitrogen and oxygen atoms in total. The minimum absolute atomic E-state index is 0.0558. The maximum Gasteiger partial charge on any atom is 0.298 e. The molecule has 0 saturated carbocycles. The van der Waals surface area contributed by atoms with Crippen LogP contribution in [-0.4, -0.2) is 17.1 Å². The molecule has 1 fully saturated rings. The fourth-order valence-corrected chi connectivity index (χ4v) is 4.06. The fourth-order valence-electron chi connectivity index (χ4n) is 2.86. The van der Waals surface area contributed by atoms with Crippen LogP contribution in [0.15, 0.2) is 63.9 Å². The number of rotatable bonds is 4. The summed E-state index contributed by atoms with van der Waals surface area (Å²) in [6, 6.07) is 14.0. The predicted octanol–water partition coefficient (Wildman–Crippen LogP) is 4.86. The molecule has 4 rings (SSSR count). The smallest absolute Gasteiger partial charge is 0.298 e. The standard InChI is InChI=1S/C21H11Cl2NO5S/c22-12-2-1-3-13(9-12)24-19(25)18(30-21(24)28)10-14-5-7-17(29-14)11-4-6-16(23)15(8-11)20(26)27/h1-10H,(H,26,27)/p-1/b18-10-. The van der Waals surface area contributed by atoms with E-state index in [1.165, 1.54) is 24.3 Å². The minimum atomic E-state index is -1.40. The Balaban J connectivity index is 1.62. The highest BCUT2D eigenvalue weighted by atomic mass is 35.5. The number of carboxylic acids is 1. The van der Waals surface area contributed by atoms with E-state index in [0.29, 0.717) is 27.8 Å². The summed E-state index contributed by atoms with van der Waals surface area (Å²) in [5.41, 5.74) is 0.699. The molecule has 30 heavy (non-hydrogen) atoms. The summed E-state index contributed by atoms with van der Waals surface area (Å²) in [4.78, 5) is 37.4. The van der Waals surface area contributed by atoms with E-state index in [4.69, 9.17) is 27.6 Å². The van der Waals surface area contributed by atoms with Crippen LogP contribution >= 0.6 is 35.0 Å². The molecule has 1 aliphatic heterocycles. The number of aromatic carboxylic acids is 1. The van der Waals surface area contributed by atoms with Gasteiger partial charge in [0.1, 0.15) is 11.5 Å². The molecule has 2 heterocycles. The van der Waals surface area contributed by atoms with Gasteiger partial charge in [0, 0.05) is 27.2 Å². The number of carbonyl (C=O) groups is 3. The second-order valence-corrected chi connectivity index (χ2v) is 8.02. The van der Waals surface area contributed by atoms with Crippen LogP contribution in [0.2, 0.25) is 10.0 Å². The number of nitrogens with zero attached hydrogens (tertiary/aromatic N) is 1. The molecule has 2 amide bonds. The highest BCUT2D eigenvalue weighted by Gasteiger charge is 2.36. The van der Waals surface area contributed by atoms with E-state index in [9.17, 15) is 19.5 Å². The number of hydrogen-bond acceptors (Lipinski definition) is 6. The highest BCUT2D eigenvalue weighted by Crippen LogP contribution is 2.37. The van der Waals surface area contributed by atoms with E-state index < -0.39 is 17.1 Å². The van der Waals surface area contributed by atoms with Crippen LogP contribution < -0.4 is 10.0 Å². The minimum Gasteiger partial charge on any atom is -0.545 e. The molecule has 1 aromatic heterocycles. The first-order chi connectivity index (χ1) is 14.3. The van der Waals surface area contributed by atoms with E-state index in [-0.39, 0.29) is 15.5 Å². The number of thioether (sulfide) groups is 1. The van der Waals surface area contributed by atoms with Crippen molar-refractivity contribution in [2.24, 2.45) is 0 Å². The molecule has 0 atom stereocenters. The van der Waals surface area contributed by atoms with E-state index in [2.05, 4.69) is 0 Å². The summed E-state index contributed by atoms with van der Waals surface area (Å²) in [6.07, 6.45) is 1.45. The quantitative estimate of drug-likeness (QED) is 0.518. The summed E-state index contributed by atoms with van der Waals surface area (Å²) >= 11 is 12.6. The normalized spacial score (nSPS) is 15.3. The van der Waals surface area contributed by atoms with Gasteiger partial charge in [-0.1, -0.05) is 29.3 Å². The lowest BCUT2D eigenvalue weighted by atomic mass is 10.1. The van der Waals surface area contributed by atoms with E-state index in [0.717, 1.165) is 16.7 Å². The molecule has 0 N–H and O–H groups in total. The number of anilines is 1. The van der Waals surface area contributed by atoms with Gasteiger partial charge >= 0.3 is 0 Å². The summed E-state index contributed by atoms with van der Waals surface area (Å²) in [5.74, 6) is -1.19. The van der Waals surface area contributed by atoms with Crippen molar-refractivity contribution in [3.63, 3.8) is 0 Å². The topological polar surface area (TPSA) is 90.6 Å². The molecule has 150 valence electrons. The lowest BCUT2D eigenvalue weighted by Crippen LogP contribution is -2.27. The van der Waals surface area contributed by atoms with Gasteiger partial charge < -0.3 is 14.3 Å². The summed E-state index contributed by atoms with van der Waals surface area (Å²) in [5, 5.41) is 11.2. The van der Waals surface area contributed by atoms with E-state index >= 15 is 0 Å². The third-order valence-electron chi connectivity index (χ3n) is 4.23. The lowest BCUT2D eigenvalue weighted by molar-refractivity contribution is -0.255. The maximum atomic E-state index is 12.7. The Kier molecular flexibility index (Phi) is 5.42. The Morgan fingerprint density at radius 2 is 1.87 bits per heavy atom. The third kappa shape index (κ3) is 3.87. The first-order valence-corrected chi connectivity index (χ1v) is 10.1. The molecule has 0 radical (unpaired) electrons. The Morgan fingerprint density at radius 3 is 2.60 bits per heavy atom. The number of carbonyl (C=O) groups excluding carboxylic acids is 3. The third-order valence-corrected chi connectivity index (χ3v) is 5.67. The zero-order valence-corrected chi connectivity index (χ0v) is 17.3. The van der Waals surface area contributed by atoms with Gasteiger partial charge in [-0.25, -0.2) is 4.90 Å². The van der Waals surface area contributed by atoms with E-state index in [1.807, 2.05) is 0 Å². The van der Waals surface area contributed by atoms with Gasteiger partial charge in [0.25, 0.3) is 11.1 Å². The molecule has 9 heteroatoms.